The second-order valence-electron chi connectivity index (χ2n) is 7.36. The van der Waals surface area contributed by atoms with Crippen molar-refractivity contribution in [3.8, 4) is 5.75 Å². The summed E-state index contributed by atoms with van der Waals surface area (Å²) in [6, 6.07) is 5.72. The standard InChI is InChI=1S/C19H19F3N4O/c1-18(4-5-18)27-15-8-12(2-3-13(15)20)17(23)14-9-16(25-11-24-14)26-7-6-19(21,22)10-26/h2-3,8-9,11,23H,4-7,10H2,1H3. The third-order valence-electron chi connectivity index (χ3n) is 4.93. The van der Waals surface area contributed by atoms with E-state index in [1.807, 2.05) is 6.92 Å². The van der Waals surface area contributed by atoms with Gasteiger partial charge in [-0.15, -0.1) is 0 Å². The summed E-state index contributed by atoms with van der Waals surface area (Å²) >= 11 is 0. The molecular formula is C19H19F3N4O. The zero-order valence-electron chi connectivity index (χ0n) is 14.8. The second-order valence-corrected chi connectivity index (χ2v) is 7.36. The topological polar surface area (TPSA) is 62.1 Å². The van der Waals surface area contributed by atoms with Crippen molar-refractivity contribution in [2.24, 2.45) is 0 Å². The number of aromatic nitrogens is 2. The highest BCUT2D eigenvalue weighted by molar-refractivity contribution is 6.10. The second kappa shape index (κ2) is 6.21. The molecule has 0 unspecified atom stereocenters. The largest absolute Gasteiger partial charge is 0.484 e. The first-order chi connectivity index (χ1) is 12.7. The Morgan fingerprint density at radius 2 is 1.96 bits per heavy atom. The van der Waals surface area contributed by atoms with Crippen molar-refractivity contribution in [2.75, 3.05) is 18.0 Å². The fraction of sp³-hybridized carbons (Fsp3) is 0.421. The minimum atomic E-state index is -2.74. The van der Waals surface area contributed by atoms with E-state index in [2.05, 4.69) is 9.97 Å². The van der Waals surface area contributed by atoms with E-state index in [4.69, 9.17) is 10.1 Å². The van der Waals surface area contributed by atoms with E-state index < -0.39 is 18.3 Å². The maximum atomic E-state index is 14.0. The molecule has 1 aromatic heterocycles. The van der Waals surface area contributed by atoms with E-state index in [1.54, 1.807) is 0 Å². The van der Waals surface area contributed by atoms with E-state index in [0.29, 0.717) is 11.4 Å². The molecule has 1 aromatic carbocycles. The summed E-state index contributed by atoms with van der Waals surface area (Å²) in [6.45, 7) is 1.71. The van der Waals surface area contributed by atoms with Crippen LogP contribution in [0.15, 0.2) is 30.6 Å². The molecule has 2 fully saturated rings. The Balaban J connectivity index is 1.58. The Bertz CT molecular complexity index is 898. The van der Waals surface area contributed by atoms with Crippen LogP contribution in [0.3, 0.4) is 0 Å². The molecule has 0 bridgehead atoms. The van der Waals surface area contributed by atoms with Crippen molar-refractivity contribution in [2.45, 2.75) is 37.7 Å². The van der Waals surface area contributed by atoms with Gasteiger partial charge in [0.2, 0.25) is 0 Å². The maximum Gasteiger partial charge on any atom is 0.266 e. The minimum Gasteiger partial charge on any atom is -0.484 e. The number of benzene rings is 1. The van der Waals surface area contributed by atoms with Gasteiger partial charge in [0, 0.05) is 24.6 Å². The molecule has 0 radical (unpaired) electrons. The van der Waals surface area contributed by atoms with Crippen LogP contribution >= 0.6 is 0 Å². The van der Waals surface area contributed by atoms with Gasteiger partial charge in [-0.2, -0.15) is 0 Å². The molecule has 5 nitrogen and oxygen atoms in total. The highest BCUT2D eigenvalue weighted by Gasteiger charge is 2.41. The molecule has 2 aromatic rings. The number of hydrogen-bond donors (Lipinski definition) is 1. The molecule has 1 N–H and O–H groups in total. The molecule has 142 valence electrons. The monoisotopic (exact) mass is 376 g/mol. The van der Waals surface area contributed by atoms with Crippen molar-refractivity contribution in [3.05, 3.63) is 47.7 Å². The fourth-order valence-electron chi connectivity index (χ4n) is 3.02. The summed E-state index contributed by atoms with van der Waals surface area (Å²) in [5, 5.41) is 8.40. The highest BCUT2D eigenvalue weighted by atomic mass is 19.3. The Morgan fingerprint density at radius 1 is 1.19 bits per heavy atom. The van der Waals surface area contributed by atoms with Gasteiger partial charge in [-0.1, -0.05) is 0 Å². The zero-order chi connectivity index (χ0) is 19.2. The van der Waals surface area contributed by atoms with Gasteiger partial charge >= 0.3 is 0 Å². The number of rotatable bonds is 5. The van der Waals surface area contributed by atoms with Gasteiger partial charge in [0.15, 0.2) is 11.6 Å². The van der Waals surface area contributed by atoms with Crippen LogP contribution in [-0.2, 0) is 0 Å². The first-order valence-electron chi connectivity index (χ1n) is 8.77. The summed E-state index contributed by atoms with van der Waals surface area (Å²) in [6.07, 6.45) is 2.76. The van der Waals surface area contributed by atoms with Crippen molar-refractivity contribution in [3.63, 3.8) is 0 Å². The lowest BCUT2D eigenvalue weighted by Gasteiger charge is -2.18. The summed E-state index contributed by atoms with van der Waals surface area (Å²) < 4.78 is 46.6. The first kappa shape index (κ1) is 17.8. The summed E-state index contributed by atoms with van der Waals surface area (Å²) in [5.41, 5.74) is 0.429. The summed E-state index contributed by atoms with van der Waals surface area (Å²) in [4.78, 5) is 9.61. The summed E-state index contributed by atoms with van der Waals surface area (Å²) in [5.74, 6) is -2.76. The minimum absolute atomic E-state index is 0.0513. The maximum absolute atomic E-state index is 14.0. The van der Waals surface area contributed by atoms with Gasteiger partial charge in [-0.25, -0.2) is 23.1 Å². The van der Waals surface area contributed by atoms with Crippen LogP contribution in [0.1, 0.15) is 37.4 Å². The molecule has 2 aliphatic rings. The number of nitrogens with one attached hydrogen (secondary N) is 1. The Labute approximate surface area is 154 Å². The van der Waals surface area contributed by atoms with Crippen LogP contribution < -0.4 is 9.64 Å². The van der Waals surface area contributed by atoms with Crippen LogP contribution in [0.2, 0.25) is 0 Å². The number of halogens is 3. The van der Waals surface area contributed by atoms with Crippen molar-refractivity contribution >= 4 is 11.5 Å². The first-order valence-corrected chi connectivity index (χ1v) is 8.77. The molecule has 1 aliphatic carbocycles. The lowest BCUT2D eigenvalue weighted by molar-refractivity contribution is 0.0256. The molecule has 27 heavy (non-hydrogen) atoms. The number of anilines is 1. The number of nitrogens with zero attached hydrogens (tertiary/aromatic N) is 3. The molecule has 4 rings (SSSR count). The third-order valence-corrected chi connectivity index (χ3v) is 4.93. The van der Waals surface area contributed by atoms with Gasteiger partial charge in [-0.05, 0) is 38.0 Å². The van der Waals surface area contributed by atoms with Gasteiger partial charge in [-0.3, -0.25) is 5.41 Å². The highest BCUT2D eigenvalue weighted by Crippen LogP contribution is 2.40. The molecule has 1 saturated carbocycles. The molecule has 1 saturated heterocycles. The van der Waals surface area contributed by atoms with Crippen LogP contribution in [0.5, 0.6) is 5.75 Å². The van der Waals surface area contributed by atoms with Gasteiger partial charge in [0.05, 0.1) is 18.0 Å². The van der Waals surface area contributed by atoms with E-state index in [-0.39, 0.29) is 35.7 Å². The van der Waals surface area contributed by atoms with Crippen LogP contribution in [0.25, 0.3) is 0 Å². The Morgan fingerprint density at radius 3 is 2.63 bits per heavy atom. The average molecular weight is 376 g/mol. The van der Waals surface area contributed by atoms with E-state index in [0.717, 1.165) is 12.8 Å². The van der Waals surface area contributed by atoms with Crippen molar-refractivity contribution in [1.29, 1.82) is 5.41 Å². The van der Waals surface area contributed by atoms with Crippen molar-refractivity contribution in [1.82, 2.24) is 9.97 Å². The molecule has 0 amide bonds. The lowest BCUT2D eigenvalue weighted by atomic mass is 10.1. The fourth-order valence-corrected chi connectivity index (χ4v) is 3.02. The molecular weight excluding hydrogens is 357 g/mol. The molecule has 0 atom stereocenters. The molecule has 8 heteroatoms. The number of alkyl halides is 2. The van der Waals surface area contributed by atoms with E-state index in [9.17, 15) is 13.2 Å². The quantitative estimate of drug-likeness (QED) is 0.806. The SMILES string of the molecule is CC1(Oc2cc(C(=N)c3cc(N4CCC(F)(F)C4)ncn3)ccc2F)CC1. The van der Waals surface area contributed by atoms with E-state index in [1.165, 1.54) is 35.5 Å². The average Bonchev–Trinajstić information content (AvgIpc) is 3.25. The van der Waals surface area contributed by atoms with Crippen molar-refractivity contribution < 1.29 is 17.9 Å². The lowest BCUT2D eigenvalue weighted by Crippen LogP contribution is -2.26. The molecule has 1 aliphatic heterocycles. The third kappa shape index (κ3) is 3.74. The zero-order valence-corrected chi connectivity index (χ0v) is 14.8. The van der Waals surface area contributed by atoms with Gasteiger partial charge in [0.25, 0.3) is 5.92 Å². The summed E-state index contributed by atoms with van der Waals surface area (Å²) in [7, 11) is 0. The van der Waals surface area contributed by atoms with E-state index >= 15 is 0 Å². The van der Waals surface area contributed by atoms with Gasteiger partial charge in [0.1, 0.15) is 17.7 Å². The predicted octanol–water partition coefficient (Wildman–Crippen LogP) is 3.81. The number of ether oxygens (including phenoxy) is 1. The normalized spacial score (nSPS) is 19.8. The smallest absolute Gasteiger partial charge is 0.266 e. The predicted molar refractivity (Wildman–Crippen MR) is 94.4 cm³/mol. The van der Waals surface area contributed by atoms with Crippen LogP contribution in [-0.4, -0.2) is 40.3 Å². The molecule has 2 heterocycles. The Hall–Kier alpha value is -2.64. The molecule has 0 spiro atoms. The van der Waals surface area contributed by atoms with Gasteiger partial charge < -0.3 is 9.64 Å². The Kier molecular flexibility index (Phi) is 4.09. The number of hydrogen-bond acceptors (Lipinski definition) is 5. The van der Waals surface area contributed by atoms with Crippen LogP contribution in [0, 0.1) is 11.2 Å². The van der Waals surface area contributed by atoms with Crippen LogP contribution in [0.4, 0.5) is 19.0 Å².